The molecule has 0 radical (unpaired) electrons. The minimum atomic E-state index is -3.55. The molecule has 0 aliphatic rings. The molecule has 0 aliphatic heterocycles. The highest BCUT2D eigenvalue weighted by atomic mass is 32.2. The van der Waals surface area contributed by atoms with Crippen molar-refractivity contribution in [3.63, 3.8) is 0 Å². The first-order chi connectivity index (χ1) is 8.47. The van der Waals surface area contributed by atoms with Gasteiger partial charge in [0.05, 0.1) is 0 Å². The standard InChI is InChI=1S/C10H20N4O3S/c1-14-8-9(10(11)13-14)18(15,16)12-6-4-3-5-7-17-2/h8,12H,3-7H2,1-2H3,(H2,11,13). The maximum Gasteiger partial charge on any atom is 0.245 e. The number of aromatic nitrogens is 2. The molecule has 0 aromatic carbocycles. The lowest BCUT2D eigenvalue weighted by molar-refractivity contribution is 0.192. The molecule has 8 heteroatoms. The van der Waals surface area contributed by atoms with E-state index in [4.69, 9.17) is 10.5 Å². The van der Waals surface area contributed by atoms with E-state index in [2.05, 4.69) is 9.82 Å². The molecule has 1 aromatic rings. The Hall–Kier alpha value is -1.12. The van der Waals surface area contributed by atoms with Gasteiger partial charge >= 0.3 is 0 Å². The summed E-state index contributed by atoms with van der Waals surface area (Å²) in [6.45, 7) is 1.09. The smallest absolute Gasteiger partial charge is 0.245 e. The fourth-order valence-electron chi connectivity index (χ4n) is 1.52. The molecule has 0 saturated carbocycles. The van der Waals surface area contributed by atoms with Crippen LogP contribution in [-0.4, -0.2) is 38.5 Å². The number of nitrogen functional groups attached to an aromatic ring is 1. The molecule has 0 aliphatic carbocycles. The number of nitrogens with zero attached hydrogens (tertiary/aromatic N) is 2. The molecular formula is C10H20N4O3S. The molecule has 1 aromatic heterocycles. The summed E-state index contributed by atoms with van der Waals surface area (Å²) in [4.78, 5) is 0.0295. The predicted octanol–water partition coefficient (Wildman–Crippen LogP) is 0.0973. The van der Waals surface area contributed by atoms with Gasteiger partial charge in [-0.3, -0.25) is 4.68 Å². The second kappa shape index (κ2) is 6.72. The van der Waals surface area contributed by atoms with Gasteiger partial charge in [0.2, 0.25) is 10.0 Å². The van der Waals surface area contributed by atoms with Gasteiger partial charge in [-0.05, 0) is 19.3 Å². The Labute approximate surface area is 107 Å². The third kappa shape index (κ3) is 4.28. The Morgan fingerprint density at radius 3 is 2.72 bits per heavy atom. The van der Waals surface area contributed by atoms with Crippen LogP contribution in [0, 0.1) is 0 Å². The van der Waals surface area contributed by atoms with Gasteiger partial charge in [0.1, 0.15) is 4.90 Å². The van der Waals surface area contributed by atoms with Crippen molar-refractivity contribution < 1.29 is 13.2 Å². The van der Waals surface area contributed by atoms with Gasteiger partial charge in [0.25, 0.3) is 0 Å². The van der Waals surface area contributed by atoms with Crippen LogP contribution >= 0.6 is 0 Å². The molecule has 3 N–H and O–H groups in total. The highest BCUT2D eigenvalue weighted by molar-refractivity contribution is 7.89. The number of ether oxygens (including phenoxy) is 1. The third-order valence-corrected chi connectivity index (χ3v) is 3.91. The van der Waals surface area contributed by atoms with Crippen LogP contribution in [0.1, 0.15) is 19.3 Å². The normalized spacial score (nSPS) is 11.9. The summed E-state index contributed by atoms with van der Waals surface area (Å²) < 4.78 is 32.6. The molecule has 1 rings (SSSR count). The van der Waals surface area contributed by atoms with Crippen molar-refractivity contribution in [2.75, 3.05) is 26.0 Å². The predicted molar refractivity (Wildman–Crippen MR) is 68.5 cm³/mol. The van der Waals surface area contributed by atoms with Gasteiger partial charge in [0.15, 0.2) is 5.82 Å². The van der Waals surface area contributed by atoms with Crippen molar-refractivity contribution in [2.45, 2.75) is 24.2 Å². The molecular weight excluding hydrogens is 256 g/mol. The quantitative estimate of drug-likeness (QED) is 0.656. The molecule has 7 nitrogen and oxygen atoms in total. The van der Waals surface area contributed by atoms with Gasteiger partial charge in [-0.15, -0.1) is 0 Å². The van der Waals surface area contributed by atoms with Crippen LogP contribution in [0.5, 0.6) is 0 Å². The first-order valence-electron chi connectivity index (χ1n) is 5.75. The van der Waals surface area contributed by atoms with Crippen molar-refractivity contribution >= 4 is 15.8 Å². The fourth-order valence-corrected chi connectivity index (χ4v) is 2.70. The van der Waals surface area contributed by atoms with Crippen molar-refractivity contribution in [1.29, 1.82) is 0 Å². The van der Waals surface area contributed by atoms with Crippen LogP contribution in [-0.2, 0) is 21.8 Å². The summed E-state index contributed by atoms with van der Waals surface area (Å²) in [6, 6.07) is 0. The van der Waals surface area contributed by atoms with Crippen LogP contribution in [0.4, 0.5) is 5.82 Å². The second-order valence-electron chi connectivity index (χ2n) is 4.00. The molecule has 0 spiro atoms. The van der Waals surface area contributed by atoms with E-state index in [1.165, 1.54) is 10.9 Å². The lowest BCUT2D eigenvalue weighted by atomic mass is 10.2. The minimum absolute atomic E-state index is 0.0179. The van der Waals surface area contributed by atoms with Crippen molar-refractivity contribution in [1.82, 2.24) is 14.5 Å². The first-order valence-corrected chi connectivity index (χ1v) is 7.23. The largest absolute Gasteiger partial charge is 0.385 e. The Balaban J connectivity index is 2.43. The zero-order valence-corrected chi connectivity index (χ0v) is 11.5. The number of sulfonamides is 1. The van der Waals surface area contributed by atoms with Gasteiger partial charge < -0.3 is 10.5 Å². The van der Waals surface area contributed by atoms with Crippen LogP contribution in [0.3, 0.4) is 0 Å². The van der Waals surface area contributed by atoms with Gasteiger partial charge in [-0.1, -0.05) is 0 Å². The number of nitrogens with two attached hydrogens (primary N) is 1. The zero-order chi connectivity index (χ0) is 13.6. The summed E-state index contributed by atoms with van der Waals surface area (Å²) in [6.07, 6.45) is 4.00. The molecule has 104 valence electrons. The lowest BCUT2D eigenvalue weighted by Gasteiger charge is -2.05. The van der Waals surface area contributed by atoms with Gasteiger partial charge in [0, 0.05) is 33.5 Å². The number of aryl methyl sites for hydroxylation is 1. The van der Waals surface area contributed by atoms with E-state index in [0.29, 0.717) is 13.2 Å². The van der Waals surface area contributed by atoms with E-state index in [9.17, 15) is 8.42 Å². The molecule has 0 atom stereocenters. The lowest BCUT2D eigenvalue weighted by Crippen LogP contribution is -2.25. The maximum atomic E-state index is 11.9. The average Bonchev–Trinajstić information content (AvgIpc) is 2.63. The topological polar surface area (TPSA) is 99.2 Å². The minimum Gasteiger partial charge on any atom is -0.385 e. The molecule has 0 bridgehead atoms. The number of anilines is 1. The van der Waals surface area contributed by atoms with E-state index in [1.54, 1.807) is 14.2 Å². The average molecular weight is 276 g/mol. The molecule has 0 fully saturated rings. The van der Waals surface area contributed by atoms with Crippen LogP contribution < -0.4 is 10.5 Å². The van der Waals surface area contributed by atoms with E-state index in [1.807, 2.05) is 0 Å². The number of hydrogen-bond donors (Lipinski definition) is 2. The number of hydrogen-bond acceptors (Lipinski definition) is 5. The summed E-state index contributed by atoms with van der Waals surface area (Å²) in [5, 5.41) is 3.80. The van der Waals surface area contributed by atoms with Crippen LogP contribution in [0.25, 0.3) is 0 Å². The fraction of sp³-hybridized carbons (Fsp3) is 0.700. The Bertz CT molecular complexity index is 469. The number of nitrogens with one attached hydrogen (secondary N) is 1. The summed E-state index contributed by atoms with van der Waals surface area (Å²) in [7, 11) is -0.281. The molecule has 0 amide bonds. The highest BCUT2D eigenvalue weighted by Gasteiger charge is 2.19. The van der Waals surface area contributed by atoms with Crippen molar-refractivity contribution in [3.05, 3.63) is 6.20 Å². The van der Waals surface area contributed by atoms with Gasteiger partial charge in [-0.2, -0.15) is 5.10 Å². The summed E-state index contributed by atoms with van der Waals surface area (Å²) in [5.41, 5.74) is 5.53. The first kappa shape index (κ1) is 14.9. The summed E-state index contributed by atoms with van der Waals surface area (Å²) >= 11 is 0. The summed E-state index contributed by atoms with van der Waals surface area (Å²) in [5.74, 6) is 0.0179. The molecule has 1 heterocycles. The second-order valence-corrected chi connectivity index (χ2v) is 5.74. The number of unbranched alkanes of at least 4 members (excludes halogenated alkanes) is 2. The number of methoxy groups -OCH3 is 1. The van der Waals surface area contributed by atoms with Crippen molar-refractivity contribution in [3.8, 4) is 0 Å². The van der Waals surface area contributed by atoms with Gasteiger partial charge in [-0.25, -0.2) is 13.1 Å². The molecule has 18 heavy (non-hydrogen) atoms. The van der Waals surface area contributed by atoms with Crippen LogP contribution in [0.2, 0.25) is 0 Å². The van der Waals surface area contributed by atoms with Crippen molar-refractivity contribution in [2.24, 2.45) is 7.05 Å². The Morgan fingerprint density at radius 1 is 1.44 bits per heavy atom. The van der Waals surface area contributed by atoms with E-state index in [-0.39, 0.29) is 10.7 Å². The molecule has 0 saturated heterocycles. The monoisotopic (exact) mass is 276 g/mol. The SMILES string of the molecule is COCCCCCNS(=O)(=O)c1cn(C)nc1N. The highest BCUT2D eigenvalue weighted by Crippen LogP contribution is 2.14. The Morgan fingerprint density at radius 2 is 2.17 bits per heavy atom. The zero-order valence-electron chi connectivity index (χ0n) is 10.7. The Kier molecular flexibility index (Phi) is 5.57. The van der Waals surface area contributed by atoms with E-state index < -0.39 is 10.0 Å². The third-order valence-electron chi connectivity index (χ3n) is 2.43. The molecule has 0 unspecified atom stereocenters. The van der Waals surface area contributed by atoms with E-state index in [0.717, 1.165) is 19.3 Å². The number of rotatable bonds is 8. The maximum absolute atomic E-state index is 11.9. The van der Waals surface area contributed by atoms with E-state index >= 15 is 0 Å². The van der Waals surface area contributed by atoms with Crippen LogP contribution in [0.15, 0.2) is 11.1 Å².